The molecule has 1 aromatic rings. The first-order valence-corrected chi connectivity index (χ1v) is 8.30. The van der Waals surface area contributed by atoms with Crippen molar-refractivity contribution in [3.63, 3.8) is 0 Å². The second kappa shape index (κ2) is 10.1. The van der Waals surface area contributed by atoms with Gasteiger partial charge in [-0.05, 0) is 50.1 Å². The number of likely N-dealkylation sites (N-methyl/N-ethyl adjacent to an activating group) is 1. The van der Waals surface area contributed by atoms with E-state index in [1.807, 2.05) is 31.3 Å². The van der Waals surface area contributed by atoms with E-state index < -0.39 is 0 Å². The maximum atomic E-state index is 12.0. The molecule has 4 nitrogen and oxygen atoms in total. The molecule has 0 saturated carbocycles. The highest BCUT2D eigenvalue weighted by Crippen LogP contribution is 2.16. The summed E-state index contributed by atoms with van der Waals surface area (Å²) < 4.78 is 6.66. The third-order valence-corrected chi connectivity index (χ3v) is 4.33. The summed E-state index contributed by atoms with van der Waals surface area (Å²) in [5, 5.41) is 3.42. The van der Waals surface area contributed by atoms with Crippen LogP contribution in [0, 0.1) is 0 Å². The Bertz CT molecular complexity index is 450. The maximum absolute atomic E-state index is 12.0. The zero-order valence-electron chi connectivity index (χ0n) is 12.9. The van der Waals surface area contributed by atoms with Gasteiger partial charge >= 0.3 is 0 Å². The van der Waals surface area contributed by atoms with Crippen LogP contribution in [0.4, 0.5) is 0 Å². The van der Waals surface area contributed by atoms with Crippen LogP contribution in [-0.4, -0.2) is 43.6 Å². The van der Waals surface area contributed by atoms with Gasteiger partial charge in [0.2, 0.25) is 5.91 Å². The molecule has 1 fully saturated rings. The highest BCUT2D eigenvalue weighted by atomic mass is 79.9. The molecule has 1 heterocycles. The van der Waals surface area contributed by atoms with E-state index >= 15 is 0 Å². The van der Waals surface area contributed by atoms with E-state index in [4.69, 9.17) is 4.74 Å². The molecule has 6 heteroatoms. The van der Waals surface area contributed by atoms with Crippen molar-refractivity contribution in [2.75, 3.05) is 26.7 Å². The summed E-state index contributed by atoms with van der Waals surface area (Å²) in [7, 11) is 1.84. The van der Waals surface area contributed by atoms with Crippen LogP contribution in [0.25, 0.3) is 0 Å². The van der Waals surface area contributed by atoms with Gasteiger partial charge in [-0.15, -0.1) is 12.4 Å². The van der Waals surface area contributed by atoms with Crippen LogP contribution in [0.5, 0.6) is 5.75 Å². The van der Waals surface area contributed by atoms with E-state index in [1.54, 1.807) is 4.90 Å². The second-order valence-electron chi connectivity index (χ2n) is 5.45. The second-order valence-corrected chi connectivity index (χ2v) is 6.37. The van der Waals surface area contributed by atoms with Crippen molar-refractivity contribution in [1.82, 2.24) is 10.2 Å². The largest absolute Gasteiger partial charge is 0.492 e. The Morgan fingerprint density at radius 1 is 1.41 bits per heavy atom. The van der Waals surface area contributed by atoms with Crippen molar-refractivity contribution in [1.29, 1.82) is 0 Å². The van der Waals surface area contributed by atoms with Crippen molar-refractivity contribution in [2.24, 2.45) is 0 Å². The zero-order chi connectivity index (χ0) is 15.1. The van der Waals surface area contributed by atoms with E-state index in [0.717, 1.165) is 23.2 Å². The molecular formula is C16H24BrClN2O2. The van der Waals surface area contributed by atoms with Crippen molar-refractivity contribution >= 4 is 34.2 Å². The molecule has 1 aliphatic heterocycles. The standard InChI is InChI=1S/C16H23BrN2O2.ClH/c1-19(16(20)9-6-14-3-2-10-18-14)11-12-21-15-7-4-13(17)5-8-15;/h4-5,7-8,14,18H,2-3,6,9-12H2,1H3;1H. The molecule has 1 saturated heterocycles. The van der Waals surface area contributed by atoms with Gasteiger partial charge in [-0.25, -0.2) is 0 Å². The lowest BCUT2D eigenvalue weighted by molar-refractivity contribution is -0.130. The summed E-state index contributed by atoms with van der Waals surface area (Å²) in [5.41, 5.74) is 0. The Hall–Kier alpha value is -0.780. The number of rotatable bonds is 7. The van der Waals surface area contributed by atoms with Crippen LogP contribution < -0.4 is 10.1 Å². The zero-order valence-corrected chi connectivity index (χ0v) is 15.3. The highest BCUT2D eigenvalue weighted by molar-refractivity contribution is 9.10. The molecule has 1 N–H and O–H groups in total. The minimum absolute atomic E-state index is 0. The topological polar surface area (TPSA) is 41.6 Å². The molecule has 0 radical (unpaired) electrons. The molecular weight excluding hydrogens is 368 g/mol. The molecule has 2 rings (SSSR count). The fraction of sp³-hybridized carbons (Fsp3) is 0.562. The van der Waals surface area contributed by atoms with Crippen molar-refractivity contribution in [3.8, 4) is 5.75 Å². The predicted molar refractivity (Wildman–Crippen MR) is 94.8 cm³/mol. The molecule has 1 amide bonds. The van der Waals surface area contributed by atoms with Crippen LogP contribution >= 0.6 is 28.3 Å². The Balaban J connectivity index is 0.00000242. The van der Waals surface area contributed by atoms with Crippen LogP contribution in [0.1, 0.15) is 25.7 Å². The Morgan fingerprint density at radius 2 is 2.14 bits per heavy atom. The molecule has 22 heavy (non-hydrogen) atoms. The number of ether oxygens (including phenoxy) is 1. The van der Waals surface area contributed by atoms with Gasteiger partial charge < -0.3 is 15.0 Å². The van der Waals surface area contributed by atoms with E-state index in [2.05, 4.69) is 21.2 Å². The lowest BCUT2D eigenvalue weighted by Gasteiger charge is -2.18. The number of hydrogen-bond donors (Lipinski definition) is 1. The summed E-state index contributed by atoms with van der Waals surface area (Å²) in [6.07, 6.45) is 3.99. The number of carbonyl (C=O) groups excluding carboxylic acids is 1. The number of nitrogens with one attached hydrogen (secondary N) is 1. The quantitative estimate of drug-likeness (QED) is 0.776. The number of halogens is 2. The maximum Gasteiger partial charge on any atom is 0.222 e. The number of hydrogen-bond acceptors (Lipinski definition) is 3. The minimum Gasteiger partial charge on any atom is -0.492 e. The van der Waals surface area contributed by atoms with Gasteiger partial charge in [-0.1, -0.05) is 15.9 Å². The van der Waals surface area contributed by atoms with Crippen LogP contribution in [0.2, 0.25) is 0 Å². The first-order valence-electron chi connectivity index (χ1n) is 7.51. The fourth-order valence-corrected chi connectivity index (χ4v) is 2.71. The smallest absolute Gasteiger partial charge is 0.222 e. The van der Waals surface area contributed by atoms with Gasteiger partial charge in [0.05, 0.1) is 6.54 Å². The average Bonchev–Trinajstić information content (AvgIpc) is 3.00. The van der Waals surface area contributed by atoms with E-state index in [1.165, 1.54) is 12.8 Å². The third kappa shape index (κ3) is 6.55. The third-order valence-electron chi connectivity index (χ3n) is 3.80. The van der Waals surface area contributed by atoms with E-state index in [-0.39, 0.29) is 18.3 Å². The Kier molecular flexibility index (Phi) is 8.83. The van der Waals surface area contributed by atoms with Crippen molar-refractivity contribution < 1.29 is 9.53 Å². The van der Waals surface area contributed by atoms with Gasteiger partial charge in [0.15, 0.2) is 0 Å². The first kappa shape index (κ1) is 19.3. The first-order chi connectivity index (χ1) is 10.1. The number of nitrogens with zero attached hydrogens (tertiary/aromatic N) is 1. The minimum atomic E-state index is 0. The normalized spacial score (nSPS) is 16.9. The van der Waals surface area contributed by atoms with Crippen LogP contribution in [0.3, 0.4) is 0 Å². The summed E-state index contributed by atoms with van der Waals surface area (Å²) in [6, 6.07) is 8.24. The summed E-state index contributed by atoms with van der Waals surface area (Å²) in [5.74, 6) is 1.03. The molecule has 0 bridgehead atoms. The van der Waals surface area contributed by atoms with Gasteiger partial charge in [0.1, 0.15) is 12.4 Å². The van der Waals surface area contributed by atoms with Gasteiger partial charge in [-0.2, -0.15) is 0 Å². The predicted octanol–water partition coefficient (Wildman–Crippen LogP) is 3.24. The van der Waals surface area contributed by atoms with Crippen molar-refractivity contribution in [3.05, 3.63) is 28.7 Å². The summed E-state index contributed by atoms with van der Waals surface area (Å²) in [4.78, 5) is 13.8. The monoisotopic (exact) mass is 390 g/mol. The van der Waals surface area contributed by atoms with E-state index in [0.29, 0.717) is 25.6 Å². The molecule has 1 unspecified atom stereocenters. The summed E-state index contributed by atoms with van der Waals surface area (Å²) in [6.45, 7) is 2.23. The van der Waals surface area contributed by atoms with E-state index in [9.17, 15) is 4.79 Å². The van der Waals surface area contributed by atoms with Crippen LogP contribution in [0.15, 0.2) is 28.7 Å². The average molecular weight is 392 g/mol. The molecule has 0 aromatic heterocycles. The highest BCUT2D eigenvalue weighted by Gasteiger charge is 2.16. The molecule has 1 aliphatic rings. The number of amides is 1. The summed E-state index contributed by atoms with van der Waals surface area (Å²) >= 11 is 3.39. The van der Waals surface area contributed by atoms with Gasteiger partial charge in [-0.3, -0.25) is 4.79 Å². The molecule has 1 atom stereocenters. The Morgan fingerprint density at radius 3 is 2.77 bits per heavy atom. The van der Waals surface area contributed by atoms with Crippen LogP contribution in [-0.2, 0) is 4.79 Å². The lowest BCUT2D eigenvalue weighted by Crippen LogP contribution is -2.32. The fourth-order valence-electron chi connectivity index (χ4n) is 2.45. The van der Waals surface area contributed by atoms with Gasteiger partial charge in [0, 0.05) is 24.0 Å². The van der Waals surface area contributed by atoms with Gasteiger partial charge in [0.25, 0.3) is 0 Å². The lowest BCUT2D eigenvalue weighted by atomic mass is 10.1. The number of benzene rings is 1. The molecule has 0 spiro atoms. The molecule has 124 valence electrons. The number of carbonyl (C=O) groups is 1. The SMILES string of the molecule is CN(CCOc1ccc(Br)cc1)C(=O)CCC1CCCN1.Cl. The molecule has 1 aromatic carbocycles. The Labute approximate surface area is 147 Å². The van der Waals surface area contributed by atoms with Crippen molar-refractivity contribution in [2.45, 2.75) is 31.7 Å². The molecule has 0 aliphatic carbocycles.